The molecule has 0 saturated heterocycles. The highest BCUT2D eigenvalue weighted by Crippen LogP contribution is 2.00. The zero-order chi connectivity index (χ0) is 13.6. The van der Waals surface area contributed by atoms with E-state index < -0.39 is 9.84 Å². The number of carbonyl (C=O) groups is 1. The van der Waals surface area contributed by atoms with Crippen LogP contribution in [-0.2, 0) is 27.7 Å². The van der Waals surface area contributed by atoms with Gasteiger partial charge in [-0.05, 0) is 6.42 Å². The highest BCUT2D eigenvalue weighted by Gasteiger charge is 2.10. The molecule has 1 rings (SSSR count). The van der Waals surface area contributed by atoms with Crippen molar-refractivity contribution in [2.45, 2.75) is 32.9 Å². The number of Topliss-reactive ketones (excluding diaryl/α,β-unsaturated/α-hetero) is 1. The van der Waals surface area contributed by atoms with Crippen LogP contribution >= 0.6 is 0 Å². The molecular formula is C10H18N4O3S. The molecule has 2 N–H and O–H groups in total. The van der Waals surface area contributed by atoms with E-state index in [0.717, 1.165) is 0 Å². The average Bonchev–Trinajstić information content (AvgIpc) is 2.76. The molecule has 0 aliphatic heterocycles. The highest BCUT2D eigenvalue weighted by atomic mass is 32.2. The summed E-state index contributed by atoms with van der Waals surface area (Å²) in [7, 11) is -2.99. The maximum atomic E-state index is 11.6. The van der Waals surface area contributed by atoms with Gasteiger partial charge in [0.15, 0.2) is 5.78 Å². The van der Waals surface area contributed by atoms with Gasteiger partial charge in [0.2, 0.25) is 0 Å². The summed E-state index contributed by atoms with van der Waals surface area (Å²) < 4.78 is 23.9. The molecule has 7 nitrogen and oxygen atoms in total. The molecule has 0 fully saturated rings. The van der Waals surface area contributed by atoms with Crippen LogP contribution in [0.2, 0.25) is 0 Å². The summed E-state index contributed by atoms with van der Waals surface area (Å²) in [6.45, 7) is 1.99. The molecule has 0 saturated carbocycles. The van der Waals surface area contributed by atoms with E-state index in [1.807, 2.05) is 0 Å². The van der Waals surface area contributed by atoms with Crippen LogP contribution in [-0.4, -0.2) is 40.7 Å². The predicted molar refractivity (Wildman–Crippen MR) is 66.5 cm³/mol. The van der Waals surface area contributed by atoms with Crippen LogP contribution in [0.25, 0.3) is 0 Å². The van der Waals surface area contributed by atoms with Gasteiger partial charge in [0.25, 0.3) is 0 Å². The zero-order valence-corrected chi connectivity index (χ0v) is 11.2. The lowest BCUT2D eigenvalue weighted by molar-refractivity contribution is -0.119. The average molecular weight is 274 g/mol. The van der Waals surface area contributed by atoms with Crippen molar-refractivity contribution < 1.29 is 13.2 Å². The van der Waals surface area contributed by atoms with Crippen LogP contribution in [0.15, 0.2) is 6.20 Å². The molecule has 102 valence electrons. The van der Waals surface area contributed by atoms with Gasteiger partial charge >= 0.3 is 0 Å². The van der Waals surface area contributed by atoms with E-state index in [4.69, 9.17) is 5.73 Å². The molecule has 0 amide bonds. The van der Waals surface area contributed by atoms with Crippen molar-refractivity contribution in [3.8, 4) is 0 Å². The van der Waals surface area contributed by atoms with Crippen LogP contribution in [0.5, 0.6) is 0 Å². The molecule has 0 radical (unpaired) electrons. The Morgan fingerprint density at radius 2 is 2.22 bits per heavy atom. The van der Waals surface area contributed by atoms with Gasteiger partial charge in [0.1, 0.15) is 16.4 Å². The van der Waals surface area contributed by atoms with Crippen molar-refractivity contribution in [1.29, 1.82) is 0 Å². The third kappa shape index (κ3) is 4.92. The number of rotatable bonds is 8. The molecule has 0 aliphatic rings. The van der Waals surface area contributed by atoms with Crippen LogP contribution in [0.3, 0.4) is 0 Å². The number of hydrogen-bond acceptors (Lipinski definition) is 6. The predicted octanol–water partition coefficient (Wildman–Crippen LogP) is -0.479. The molecule has 1 aromatic rings. The molecule has 0 unspecified atom stereocenters. The van der Waals surface area contributed by atoms with Crippen LogP contribution in [0, 0.1) is 0 Å². The minimum absolute atomic E-state index is 0.0562. The molecule has 0 aromatic carbocycles. The molecule has 8 heteroatoms. The molecule has 0 spiro atoms. The second kappa shape index (κ2) is 6.60. The minimum atomic E-state index is -2.99. The SMILES string of the molecule is CCS(=O)(=O)CCCC(=O)Cn1cc(CN)nn1. The Bertz CT molecular complexity index is 495. The summed E-state index contributed by atoms with van der Waals surface area (Å²) in [4.78, 5) is 11.6. The van der Waals surface area contributed by atoms with Crippen molar-refractivity contribution >= 4 is 15.6 Å². The van der Waals surface area contributed by atoms with Crippen molar-refractivity contribution in [3.63, 3.8) is 0 Å². The number of hydrogen-bond donors (Lipinski definition) is 1. The number of carbonyl (C=O) groups excluding carboxylic acids is 1. The van der Waals surface area contributed by atoms with Gasteiger partial charge in [-0.1, -0.05) is 12.1 Å². The topological polar surface area (TPSA) is 108 Å². The van der Waals surface area contributed by atoms with Gasteiger partial charge in [-0.15, -0.1) is 5.10 Å². The molecule has 0 atom stereocenters. The smallest absolute Gasteiger partial charge is 0.154 e. The molecular weight excluding hydrogens is 256 g/mol. The summed E-state index contributed by atoms with van der Waals surface area (Å²) in [5.41, 5.74) is 5.99. The highest BCUT2D eigenvalue weighted by molar-refractivity contribution is 7.91. The summed E-state index contributed by atoms with van der Waals surface area (Å²) in [6.07, 6.45) is 2.20. The van der Waals surface area contributed by atoms with Gasteiger partial charge < -0.3 is 5.73 Å². The van der Waals surface area contributed by atoms with Gasteiger partial charge in [-0.25, -0.2) is 13.1 Å². The summed E-state index contributed by atoms with van der Waals surface area (Å²) >= 11 is 0. The largest absolute Gasteiger partial charge is 0.325 e. The number of ketones is 1. The Hall–Kier alpha value is -1.28. The van der Waals surface area contributed by atoms with Crippen molar-refractivity contribution in [1.82, 2.24) is 15.0 Å². The number of nitrogens with zero attached hydrogens (tertiary/aromatic N) is 3. The van der Waals surface area contributed by atoms with E-state index in [2.05, 4.69) is 10.3 Å². The molecule has 0 bridgehead atoms. The number of aromatic nitrogens is 3. The quantitative estimate of drug-likeness (QED) is 0.686. The normalized spacial score (nSPS) is 11.7. The summed E-state index contributed by atoms with van der Waals surface area (Å²) in [6, 6.07) is 0. The Labute approximate surface area is 106 Å². The third-order valence-electron chi connectivity index (χ3n) is 2.48. The standard InChI is InChI=1S/C10H18N4O3S/c1-2-18(16,17)5-3-4-10(15)8-14-7-9(6-11)12-13-14/h7H,2-6,8,11H2,1H3. The van der Waals surface area contributed by atoms with Gasteiger partial charge in [0.05, 0.1) is 17.6 Å². The second-order valence-electron chi connectivity index (χ2n) is 3.99. The van der Waals surface area contributed by atoms with E-state index in [9.17, 15) is 13.2 Å². The Morgan fingerprint density at radius 3 is 2.78 bits per heavy atom. The number of nitrogens with two attached hydrogens (primary N) is 1. The lowest BCUT2D eigenvalue weighted by Crippen LogP contribution is -2.14. The molecule has 1 heterocycles. The van der Waals surface area contributed by atoms with E-state index in [-0.39, 0.29) is 36.8 Å². The van der Waals surface area contributed by atoms with Gasteiger partial charge in [0, 0.05) is 18.7 Å². The summed E-state index contributed by atoms with van der Waals surface area (Å²) in [5, 5.41) is 7.51. The van der Waals surface area contributed by atoms with Crippen molar-refractivity contribution in [2.75, 3.05) is 11.5 Å². The summed E-state index contributed by atoms with van der Waals surface area (Å²) in [5.74, 6) is 0.111. The fraction of sp³-hybridized carbons (Fsp3) is 0.700. The first-order valence-corrected chi connectivity index (χ1v) is 7.60. The minimum Gasteiger partial charge on any atom is -0.325 e. The van der Waals surface area contributed by atoms with Crippen LogP contribution in [0.4, 0.5) is 0 Å². The number of sulfone groups is 1. The second-order valence-corrected chi connectivity index (χ2v) is 6.46. The molecule has 1 aromatic heterocycles. The Kier molecular flexibility index (Phi) is 5.42. The fourth-order valence-electron chi connectivity index (χ4n) is 1.40. The fourth-order valence-corrected chi connectivity index (χ4v) is 2.28. The van der Waals surface area contributed by atoms with E-state index in [0.29, 0.717) is 12.1 Å². The van der Waals surface area contributed by atoms with E-state index in [1.165, 1.54) is 4.68 Å². The zero-order valence-electron chi connectivity index (χ0n) is 10.4. The van der Waals surface area contributed by atoms with Gasteiger partial charge in [-0.3, -0.25) is 4.79 Å². The Balaban J connectivity index is 2.34. The first-order valence-electron chi connectivity index (χ1n) is 5.78. The van der Waals surface area contributed by atoms with Crippen LogP contribution in [0.1, 0.15) is 25.5 Å². The van der Waals surface area contributed by atoms with E-state index >= 15 is 0 Å². The monoisotopic (exact) mass is 274 g/mol. The lowest BCUT2D eigenvalue weighted by Gasteiger charge is -2.01. The van der Waals surface area contributed by atoms with E-state index in [1.54, 1.807) is 13.1 Å². The third-order valence-corrected chi connectivity index (χ3v) is 4.27. The molecule has 0 aliphatic carbocycles. The Morgan fingerprint density at radius 1 is 1.50 bits per heavy atom. The molecule has 18 heavy (non-hydrogen) atoms. The first kappa shape index (κ1) is 14.8. The van der Waals surface area contributed by atoms with Crippen molar-refractivity contribution in [2.24, 2.45) is 5.73 Å². The van der Waals surface area contributed by atoms with Crippen molar-refractivity contribution in [3.05, 3.63) is 11.9 Å². The van der Waals surface area contributed by atoms with Crippen LogP contribution < -0.4 is 5.73 Å². The first-order chi connectivity index (χ1) is 8.46. The van der Waals surface area contributed by atoms with Gasteiger partial charge in [-0.2, -0.15) is 0 Å². The lowest BCUT2D eigenvalue weighted by atomic mass is 10.2. The maximum absolute atomic E-state index is 11.6. The maximum Gasteiger partial charge on any atom is 0.154 e.